The van der Waals surface area contributed by atoms with Gasteiger partial charge in [0, 0.05) is 38.4 Å². The SMILES string of the molecule is Cn1ccnc1C(=O)N1C[C@H](CC(=O)O)[C@H](c2cn[nH]n2)C1. The Morgan fingerprint density at radius 2 is 2.27 bits per heavy atom. The highest BCUT2D eigenvalue weighted by Crippen LogP contribution is 2.34. The Balaban J connectivity index is 1.82. The third-order valence-electron chi connectivity index (χ3n) is 3.99. The fourth-order valence-corrected chi connectivity index (χ4v) is 2.91. The number of rotatable bonds is 4. The zero-order valence-electron chi connectivity index (χ0n) is 12.0. The molecule has 0 saturated carbocycles. The number of hydrogen-bond acceptors (Lipinski definition) is 5. The number of carbonyl (C=O) groups is 2. The lowest BCUT2D eigenvalue weighted by Gasteiger charge is -2.15. The summed E-state index contributed by atoms with van der Waals surface area (Å²) in [6, 6.07) is 0. The lowest BCUT2D eigenvalue weighted by Crippen LogP contribution is -2.31. The summed E-state index contributed by atoms with van der Waals surface area (Å²) in [6.07, 6.45) is 4.83. The van der Waals surface area contributed by atoms with Gasteiger partial charge < -0.3 is 14.6 Å². The number of aromatic nitrogens is 5. The van der Waals surface area contributed by atoms with Crippen LogP contribution in [0, 0.1) is 5.92 Å². The topological polar surface area (TPSA) is 117 Å². The van der Waals surface area contributed by atoms with E-state index >= 15 is 0 Å². The summed E-state index contributed by atoms with van der Waals surface area (Å²) in [5, 5.41) is 19.4. The molecule has 116 valence electrons. The molecule has 3 heterocycles. The molecule has 1 aliphatic rings. The van der Waals surface area contributed by atoms with Gasteiger partial charge in [0.15, 0.2) is 5.82 Å². The highest BCUT2D eigenvalue weighted by Gasteiger charge is 2.39. The highest BCUT2D eigenvalue weighted by atomic mass is 16.4. The second kappa shape index (κ2) is 5.58. The van der Waals surface area contributed by atoms with E-state index in [2.05, 4.69) is 20.4 Å². The van der Waals surface area contributed by atoms with E-state index in [1.54, 1.807) is 35.1 Å². The van der Waals surface area contributed by atoms with E-state index < -0.39 is 5.97 Å². The van der Waals surface area contributed by atoms with Crippen molar-refractivity contribution in [2.24, 2.45) is 13.0 Å². The monoisotopic (exact) mass is 304 g/mol. The predicted molar refractivity (Wildman–Crippen MR) is 74.0 cm³/mol. The van der Waals surface area contributed by atoms with E-state index in [1.165, 1.54) is 0 Å². The molecule has 1 aliphatic heterocycles. The van der Waals surface area contributed by atoms with Crippen LogP contribution in [0.3, 0.4) is 0 Å². The Morgan fingerprint density at radius 3 is 2.86 bits per heavy atom. The Labute approximate surface area is 126 Å². The quantitative estimate of drug-likeness (QED) is 0.812. The summed E-state index contributed by atoms with van der Waals surface area (Å²) in [4.78, 5) is 29.3. The molecule has 1 saturated heterocycles. The number of aryl methyl sites for hydroxylation is 1. The molecule has 2 N–H and O–H groups in total. The number of nitrogens with zero attached hydrogens (tertiary/aromatic N) is 5. The minimum Gasteiger partial charge on any atom is -0.481 e. The van der Waals surface area contributed by atoms with E-state index in [0.29, 0.717) is 24.6 Å². The van der Waals surface area contributed by atoms with Crippen molar-refractivity contribution in [3.63, 3.8) is 0 Å². The first-order chi connectivity index (χ1) is 10.6. The molecule has 0 spiro atoms. The molecule has 9 nitrogen and oxygen atoms in total. The van der Waals surface area contributed by atoms with Gasteiger partial charge in [-0.1, -0.05) is 0 Å². The van der Waals surface area contributed by atoms with Crippen LogP contribution in [0.15, 0.2) is 18.6 Å². The molecule has 3 rings (SSSR count). The minimum absolute atomic E-state index is 0.0120. The van der Waals surface area contributed by atoms with E-state index in [0.717, 1.165) is 0 Å². The van der Waals surface area contributed by atoms with Crippen molar-refractivity contribution in [1.82, 2.24) is 29.9 Å². The van der Waals surface area contributed by atoms with Crippen molar-refractivity contribution < 1.29 is 14.7 Å². The Bertz CT molecular complexity index is 680. The number of aliphatic carboxylic acids is 1. The first-order valence-corrected chi connectivity index (χ1v) is 6.90. The standard InChI is InChI=1S/C13H16N6O3/c1-18-3-2-14-12(18)13(22)19-6-8(4-11(20)21)9(7-19)10-5-15-17-16-10/h2-3,5,8-9H,4,6-7H2,1H3,(H,20,21)(H,15,16,17)/t8-,9+/m0/s1. The van der Waals surface area contributed by atoms with E-state index in [4.69, 9.17) is 5.11 Å². The first kappa shape index (κ1) is 14.2. The average Bonchev–Trinajstić information content (AvgIpc) is 3.16. The van der Waals surface area contributed by atoms with Crippen molar-refractivity contribution in [2.75, 3.05) is 13.1 Å². The molecule has 0 radical (unpaired) electrons. The summed E-state index contributed by atoms with van der Waals surface area (Å²) in [7, 11) is 1.75. The van der Waals surface area contributed by atoms with Crippen LogP contribution in [-0.4, -0.2) is 59.9 Å². The number of aromatic amines is 1. The van der Waals surface area contributed by atoms with Gasteiger partial charge >= 0.3 is 5.97 Å². The highest BCUT2D eigenvalue weighted by molar-refractivity contribution is 5.91. The number of hydrogen-bond donors (Lipinski definition) is 2. The predicted octanol–water partition coefficient (Wildman–Crippen LogP) is -0.131. The number of imidazole rings is 1. The minimum atomic E-state index is -0.884. The fourth-order valence-electron chi connectivity index (χ4n) is 2.91. The molecule has 9 heteroatoms. The van der Waals surface area contributed by atoms with E-state index in [1.807, 2.05) is 0 Å². The number of amides is 1. The van der Waals surface area contributed by atoms with Gasteiger partial charge in [-0.05, 0) is 5.92 Å². The normalized spacial score (nSPS) is 21.2. The van der Waals surface area contributed by atoms with Gasteiger partial charge in [-0.15, -0.1) is 0 Å². The fraction of sp³-hybridized carbons (Fsp3) is 0.462. The molecule has 0 unspecified atom stereocenters. The van der Waals surface area contributed by atoms with Crippen molar-refractivity contribution in [3.05, 3.63) is 30.1 Å². The molecule has 2 aromatic rings. The van der Waals surface area contributed by atoms with Gasteiger partial charge in [-0.3, -0.25) is 9.59 Å². The summed E-state index contributed by atoms with van der Waals surface area (Å²) in [5.74, 6) is -1.07. The molecular weight excluding hydrogens is 288 g/mol. The average molecular weight is 304 g/mol. The van der Waals surface area contributed by atoms with Gasteiger partial charge in [-0.25, -0.2) is 4.98 Å². The number of H-pyrrole nitrogens is 1. The number of carboxylic acids is 1. The van der Waals surface area contributed by atoms with Crippen LogP contribution in [0.1, 0.15) is 28.7 Å². The van der Waals surface area contributed by atoms with Crippen LogP contribution < -0.4 is 0 Å². The van der Waals surface area contributed by atoms with Crippen LogP contribution in [-0.2, 0) is 11.8 Å². The molecule has 2 aromatic heterocycles. The van der Waals surface area contributed by atoms with Crippen LogP contribution in [0.4, 0.5) is 0 Å². The molecule has 0 aliphatic carbocycles. The van der Waals surface area contributed by atoms with Crippen LogP contribution in [0.5, 0.6) is 0 Å². The van der Waals surface area contributed by atoms with Gasteiger partial charge in [-0.2, -0.15) is 15.4 Å². The second-order valence-electron chi connectivity index (χ2n) is 5.43. The zero-order chi connectivity index (χ0) is 15.7. The third-order valence-corrected chi connectivity index (χ3v) is 3.99. The number of nitrogens with one attached hydrogen (secondary N) is 1. The van der Waals surface area contributed by atoms with Crippen LogP contribution in [0.25, 0.3) is 0 Å². The smallest absolute Gasteiger partial charge is 0.303 e. The van der Waals surface area contributed by atoms with Crippen molar-refractivity contribution >= 4 is 11.9 Å². The lowest BCUT2D eigenvalue weighted by atomic mass is 9.91. The number of carbonyl (C=O) groups excluding carboxylic acids is 1. The molecule has 1 fully saturated rings. The van der Waals surface area contributed by atoms with Gasteiger partial charge in [0.25, 0.3) is 5.91 Å². The summed E-state index contributed by atoms with van der Waals surface area (Å²) in [5.41, 5.74) is 0.682. The molecule has 2 atom stereocenters. The summed E-state index contributed by atoms with van der Waals surface area (Å²) < 4.78 is 1.65. The molecule has 0 bridgehead atoms. The molecule has 0 aromatic carbocycles. The maximum Gasteiger partial charge on any atom is 0.303 e. The van der Waals surface area contributed by atoms with Crippen molar-refractivity contribution in [3.8, 4) is 0 Å². The summed E-state index contributed by atoms with van der Waals surface area (Å²) in [6.45, 7) is 0.783. The maximum absolute atomic E-state index is 12.5. The van der Waals surface area contributed by atoms with E-state index in [-0.39, 0.29) is 24.2 Å². The summed E-state index contributed by atoms with van der Waals surface area (Å²) >= 11 is 0. The Morgan fingerprint density at radius 1 is 1.45 bits per heavy atom. The lowest BCUT2D eigenvalue weighted by molar-refractivity contribution is -0.138. The largest absolute Gasteiger partial charge is 0.481 e. The van der Waals surface area contributed by atoms with Crippen molar-refractivity contribution in [2.45, 2.75) is 12.3 Å². The molecule has 22 heavy (non-hydrogen) atoms. The van der Waals surface area contributed by atoms with Crippen LogP contribution >= 0.6 is 0 Å². The van der Waals surface area contributed by atoms with E-state index in [9.17, 15) is 9.59 Å². The number of carboxylic acid groups (broad SMARTS) is 1. The van der Waals surface area contributed by atoms with Gasteiger partial charge in [0.2, 0.25) is 0 Å². The van der Waals surface area contributed by atoms with Gasteiger partial charge in [0.05, 0.1) is 18.3 Å². The first-order valence-electron chi connectivity index (χ1n) is 6.90. The Kier molecular flexibility index (Phi) is 3.61. The third kappa shape index (κ3) is 2.57. The van der Waals surface area contributed by atoms with Gasteiger partial charge in [0.1, 0.15) is 0 Å². The van der Waals surface area contributed by atoms with Crippen molar-refractivity contribution in [1.29, 1.82) is 0 Å². The second-order valence-corrected chi connectivity index (χ2v) is 5.43. The molecular formula is C13H16N6O3. The maximum atomic E-state index is 12.5. The zero-order valence-corrected chi connectivity index (χ0v) is 12.0. The number of likely N-dealkylation sites (tertiary alicyclic amines) is 1. The Hall–Kier alpha value is -2.71. The molecule has 1 amide bonds. The van der Waals surface area contributed by atoms with Crippen LogP contribution in [0.2, 0.25) is 0 Å².